The highest BCUT2D eigenvalue weighted by atomic mass is 16.5. The fraction of sp³-hybridized carbons (Fsp3) is 0.320. The van der Waals surface area contributed by atoms with E-state index in [4.69, 9.17) is 14.2 Å². The molecular formula is C25H28N4O4. The second-order valence-electron chi connectivity index (χ2n) is 7.79. The highest BCUT2D eigenvalue weighted by Crippen LogP contribution is 2.27. The lowest BCUT2D eigenvalue weighted by atomic mass is 10.1. The Bertz CT molecular complexity index is 1040. The first-order chi connectivity index (χ1) is 16.1. The van der Waals surface area contributed by atoms with Crippen LogP contribution in [-0.4, -0.2) is 50.0 Å². The molecule has 0 aliphatic carbocycles. The topological polar surface area (TPSA) is 85.8 Å². The second kappa shape index (κ2) is 10.7. The predicted molar refractivity (Wildman–Crippen MR) is 127 cm³/mol. The number of anilines is 2. The molecule has 1 fully saturated rings. The molecule has 4 rings (SSSR count). The van der Waals surface area contributed by atoms with Gasteiger partial charge >= 0.3 is 0 Å². The molecule has 0 radical (unpaired) electrons. The van der Waals surface area contributed by atoms with Crippen molar-refractivity contribution in [2.24, 2.45) is 0 Å². The van der Waals surface area contributed by atoms with Gasteiger partial charge in [-0.15, -0.1) is 10.2 Å². The minimum absolute atomic E-state index is 0.137. The summed E-state index contributed by atoms with van der Waals surface area (Å²) in [5.74, 6) is 2.33. The van der Waals surface area contributed by atoms with E-state index < -0.39 is 0 Å². The number of aromatic nitrogens is 2. The standard InChI is InChI=1S/C25H28N4O4/c1-31-20-14-21(32-2)16-22(15-20)33-17-25(30)26-19-8-6-18(7-9-19)23-10-11-24(28-27-23)29-12-4-3-5-13-29/h6-11,14-16H,3-5,12-13,17H2,1-2H3,(H,26,30). The molecule has 0 atom stereocenters. The van der Waals surface area contributed by atoms with Gasteiger partial charge in [0.15, 0.2) is 12.4 Å². The minimum atomic E-state index is -0.268. The zero-order chi connectivity index (χ0) is 23.0. The highest BCUT2D eigenvalue weighted by molar-refractivity contribution is 5.92. The fourth-order valence-corrected chi connectivity index (χ4v) is 3.71. The third kappa shape index (κ3) is 5.91. The summed E-state index contributed by atoms with van der Waals surface area (Å²) in [4.78, 5) is 14.6. The van der Waals surface area contributed by atoms with E-state index in [0.29, 0.717) is 22.9 Å². The molecule has 3 aromatic rings. The molecule has 0 unspecified atom stereocenters. The van der Waals surface area contributed by atoms with Gasteiger partial charge in [0.05, 0.1) is 19.9 Å². The molecule has 8 heteroatoms. The smallest absolute Gasteiger partial charge is 0.262 e. The quantitative estimate of drug-likeness (QED) is 0.554. The van der Waals surface area contributed by atoms with E-state index in [-0.39, 0.29) is 12.5 Å². The van der Waals surface area contributed by atoms with Crippen LogP contribution in [0.3, 0.4) is 0 Å². The number of hydrogen-bond donors (Lipinski definition) is 1. The maximum absolute atomic E-state index is 12.3. The SMILES string of the molecule is COc1cc(OC)cc(OCC(=O)Nc2ccc(-c3ccc(N4CCCCC4)nn3)cc2)c1. The summed E-state index contributed by atoms with van der Waals surface area (Å²) >= 11 is 0. The number of rotatable bonds is 8. The Morgan fingerprint density at radius 3 is 2.15 bits per heavy atom. The van der Waals surface area contributed by atoms with Gasteiger partial charge in [-0.3, -0.25) is 4.79 Å². The van der Waals surface area contributed by atoms with E-state index in [1.165, 1.54) is 19.3 Å². The summed E-state index contributed by atoms with van der Waals surface area (Å²) in [5.41, 5.74) is 2.41. The Hall–Kier alpha value is -3.81. The largest absolute Gasteiger partial charge is 0.496 e. The first-order valence-electron chi connectivity index (χ1n) is 11.0. The molecule has 0 bridgehead atoms. The molecule has 1 N–H and O–H groups in total. The van der Waals surface area contributed by atoms with Gasteiger partial charge in [0.25, 0.3) is 5.91 Å². The highest BCUT2D eigenvalue weighted by Gasteiger charge is 2.13. The molecule has 0 spiro atoms. The summed E-state index contributed by atoms with van der Waals surface area (Å²) in [7, 11) is 3.12. The Labute approximate surface area is 193 Å². The summed E-state index contributed by atoms with van der Waals surface area (Å²) in [5, 5.41) is 11.6. The first-order valence-corrected chi connectivity index (χ1v) is 11.0. The molecule has 1 aliphatic rings. The average Bonchev–Trinajstić information content (AvgIpc) is 2.88. The zero-order valence-corrected chi connectivity index (χ0v) is 18.9. The van der Waals surface area contributed by atoms with E-state index in [2.05, 4.69) is 20.4 Å². The Morgan fingerprint density at radius 1 is 0.879 bits per heavy atom. The number of nitrogens with zero attached hydrogens (tertiary/aromatic N) is 3. The fourth-order valence-electron chi connectivity index (χ4n) is 3.71. The van der Waals surface area contributed by atoms with Gasteiger partial charge in [-0.2, -0.15) is 0 Å². The van der Waals surface area contributed by atoms with Gasteiger partial charge < -0.3 is 24.4 Å². The van der Waals surface area contributed by atoms with Crippen molar-refractivity contribution >= 4 is 17.4 Å². The molecule has 1 aromatic heterocycles. The lowest BCUT2D eigenvalue weighted by Crippen LogP contribution is -2.30. The number of ether oxygens (including phenoxy) is 3. The number of hydrogen-bond acceptors (Lipinski definition) is 7. The van der Waals surface area contributed by atoms with Gasteiger partial charge in [0.2, 0.25) is 0 Å². The van der Waals surface area contributed by atoms with Crippen LogP contribution in [0.15, 0.2) is 54.6 Å². The molecule has 1 amide bonds. The zero-order valence-electron chi connectivity index (χ0n) is 18.9. The van der Waals surface area contributed by atoms with E-state index in [0.717, 1.165) is 30.2 Å². The number of carbonyl (C=O) groups is 1. The lowest BCUT2D eigenvalue weighted by Gasteiger charge is -2.27. The number of methoxy groups -OCH3 is 2. The van der Waals surface area contributed by atoms with E-state index in [9.17, 15) is 4.79 Å². The van der Waals surface area contributed by atoms with Gasteiger partial charge in [-0.05, 0) is 43.5 Å². The van der Waals surface area contributed by atoms with E-state index in [1.807, 2.05) is 36.4 Å². The number of benzene rings is 2. The summed E-state index contributed by atoms with van der Waals surface area (Å²) in [6.07, 6.45) is 3.69. The van der Waals surface area contributed by atoms with Crippen molar-refractivity contribution < 1.29 is 19.0 Å². The predicted octanol–water partition coefficient (Wildman–Crippen LogP) is 4.17. The maximum Gasteiger partial charge on any atom is 0.262 e. The van der Waals surface area contributed by atoms with Crippen molar-refractivity contribution in [2.75, 3.05) is 44.1 Å². The number of piperidine rings is 1. The van der Waals surface area contributed by atoms with Crippen LogP contribution in [0.25, 0.3) is 11.3 Å². The van der Waals surface area contributed by atoms with Crippen molar-refractivity contribution in [3.63, 3.8) is 0 Å². The van der Waals surface area contributed by atoms with Crippen molar-refractivity contribution in [2.45, 2.75) is 19.3 Å². The molecule has 172 valence electrons. The van der Waals surface area contributed by atoms with E-state index in [1.54, 1.807) is 32.4 Å². The summed E-state index contributed by atoms with van der Waals surface area (Å²) < 4.78 is 16.0. The Morgan fingerprint density at radius 2 is 1.55 bits per heavy atom. The van der Waals surface area contributed by atoms with Crippen LogP contribution in [0, 0.1) is 0 Å². The van der Waals surface area contributed by atoms with Crippen molar-refractivity contribution in [3.05, 3.63) is 54.6 Å². The summed E-state index contributed by atoms with van der Waals surface area (Å²) in [6, 6.07) is 16.6. The summed E-state index contributed by atoms with van der Waals surface area (Å²) in [6.45, 7) is 1.94. The van der Waals surface area contributed by atoms with Crippen LogP contribution in [0.2, 0.25) is 0 Å². The van der Waals surface area contributed by atoms with Crippen molar-refractivity contribution in [1.29, 1.82) is 0 Å². The molecule has 2 heterocycles. The normalized spacial score (nSPS) is 13.3. The van der Waals surface area contributed by atoms with Crippen LogP contribution < -0.4 is 24.4 Å². The van der Waals surface area contributed by atoms with Crippen LogP contribution in [0.4, 0.5) is 11.5 Å². The third-order valence-electron chi connectivity index (χ3n) is 5.49. The van der Waals surface area contributed by atoms with Crippen molar-refractivity contribution in [1.82, 2.24) is 10.2 Å². The van der Waals surface area contributed by atoms with Gasteiger partial charge in [-0.25, -0.2) is 0 Å². The monoisotopic (exact) mass is 448 g/mol. The van der Waals surface area contributed by atoms with Crippen LogP contribution in [0.1, 0.15) is 19.3 Å². The van der Waals surface area contributed by atoms with Crippen molar-refractivity contribution in [3.8, 4) is 28.5 Å². The molecule has 2 aromatic carbocycles. The van der Waals surface area contributed by atoms with Crippen LogP contribution in [0.5, 0.6) is 17.2 Å². The second-order valence-corrected chi connectivity index (χ2v) is 7.79. The van der Waals surface area contributed by atoms with Gasteiger partial charge in [0, 0.05) is 42.5 Å². The molecule has 1 saturated heterocycles. The molecule has 8 nitrogen and oxygen atoms in total. The van der Waals surface area contributed by atoms with E-state index >= 15 is 0 Å². The number of carbonyl (C=O) groups excluding carboxylic acids is 1. The molecule has 33 heavy (non-hydrogen) atoms. The Kier molecular flexibility index (Phi) is 7.24. The van der Waals surface area contributed by atoms with Crippen LogP contribution in [-0.2, 0) is 4.79 Å². The van der Waals surface area contributed by atoms with Gasteiger partial charge in [-0.1, -0.05) is 12.1 Å². The van der Waals surface area contributed by atoms with Gasteiger partial charge in [0.1, 0.15) is 17.2 Å². The average molecular weight is 449 g/mol. The lowest BCUT2D eigenvalue weighted by molar-refractivity contribution is -0.118. The third-order valence-corrected chi connectivity index (χ3v) is 5.49. The molecule has 0 saturated carbocycles. The minimum Gasteiger partial charge on any atom is -0.496 e. The number of amides is 1. The first kappa shape index (κ1) is 22.4. The Balaban J connectivity index is 1.32. The van der Waals surface area contributed by atoms with Crippen LogP contribution >= 0.6 is 0 Å². The number of nitrogens with one attached hydrogen (secondary N) is 1. The molecule has 1 aliphatic heterocycles. The molecular weight excluding hydrogens is 420 g/mol. The maximum atomic E-state index is 12.3.